The molecule has 0 bridgehead atoms. The van der Waals surface area contributed by atoms with Gasteiger partial charge in [0.1, 0.15) is 11.6 Å². The van der Waals surface area contributed by atoms with Crippen LogP contribution in [0, 0.1) is 6.92 Å². The van der Waals surface area contributed by atoms with Crippen LogP contribution in [0.25, 0.3) is 11.4 Å². The van der Waals surface area contributed by atoms with Crippen LogP contribution >= 0.6 is 0 Å². The van der Waals surface area contributed by atoms with Crippen molar-refractivity contribution in [2.75, 3.05) is 38.2 Å². The molecule has 21 heavy (non-hydrogen) atoms. The van der Waals surface area contributed by atoms with Crippen LogP contribution in [0.4, 0.5) is 5.82 Å². The van der Waals surface area contributed by atoms with Crippen molar-refractivity contribution in [3.8, 4) is 17.1 Å². The second-order valence-electron chi connectivity index (χ2n) is 5.16. The molecule has 2 aromatic rings. The van der Waals surface area contributed by atoms with E-state index in [4.69, 9.17) is 9.72 Å². The summed E-state index contributed by atoms with van der Waals surface area (Å²) in [7, 11) is 1.67. The topological polar surface area (TPSA) is 50.3 Å². The first kappa shape index (κ1) is 13.8. The molecule has 0 saturated carbocycles. The van der Waals surface area contributed by atoms with Gasteiger partial charge in [-0.25, -0.2) is 9.97 Å². The van der Waals surface area contributed by atoms with E-state index in [-0.39, 0.29) is 0 Å². The van der Waals surface area contributed by atoms with Gasteiger partial charge in [0.25, 0.3) is 0 Å². The number of benzene rings is 1. The van der Waals surface area contributed by atoms with E-state index in [9.17, 15) is 0 Å². The van der Waals surface area contributed by atoms with Crippen LogP contribution in [0.3, 0.4) is 0 Å². The van der Waals surface area contributed by atoms with Crippen molar-refractivity contribution in [3.63, 3.8) is 0 Å². The highest BCUT2D eigenvalue weighted by Crippen LogP contribution is 2.22. The fraction of sp³-hybridized carbons (Fsp3) is 0.375. The lowest BCUT2D eigenvalue weighted by Crippen LogP contribution is -2.44. The maximum Gasteiger partial charge on any atom is 0.161 e. The molecule has 2 heterocycles. The number of aromatic nitrogens is 2. The quantitative estimate of drug-likeness (QED) is 0.932. The Morgan fingerprint density at radius 2 is 1.81 bits per heavy atom. The van der Waals surface area contributed by atoms with Gasteiger partial charge in [-0.15, -0.1) is 0 Å². The minimum absolute atomic E-state index is 0.770. The summed E-state index contributed by atoms with van der Waals surface area (Å²) in [6.45, 7) is 5.99. The minimum Gasteiger partial charge on any atom is -0.497 e. The van der Waals surface area contributed by atoms with E-state index in [1.165, 1.54) is 0 Å². The molecule has 1 N–H and O–H groups in total. The number of nitrogens with zero attached hydrogens (tertiary/aromatic N) is 3. The molecule has 110 valence electrons. The zero-order valence-electron chi connectivity index (χ0n) is 12.5. The highest BCUT2D eigenvalue weighted by molar-refractivity contribution is 5.59. The summed E-state index contributed by atoms with van der Waals surface area (Å²) in [5.74, 6) is 2.62. The van der Waals surface area contributed by atoms with Crippen LogP contribution < -0.4 is 15.0 Å². The fourth-order valence-corrected chi connectivity index (χ4v) is 2.48. The molecule has 1 fully saturated rings. The zero-order valence-corrected chi connectivity index (χ0v) is 12.5. The second kappa shape index (κ2) is 6.10. The number of nitrogens with one attached hydrogen (secondary N) is 1. The molecule has 0 spiro atoms. The summed E-state index contributed by atoms with van der Waals surface area (Å²) in [5.41, 5.74) is 2.00. The Morgan fingerprint density at radius 1 is 1.10 bits per heavy atom. The van der Waals surface area contributed by atoms with Gasteiger partial charge in [-0.3, -0.25) is 0 Å². The van der Waals surface area contributed by atoms with E-state index < -0.39 is 0 Å². The van der Waals surface area contributed by atoms with E-state index in [1.54, 1.807) is 7.11 Å². The van der Waals surface area contributed by atoms with Gasteiger partial charge in [-0.1, -0.05) is 0 Å². The van der Waals surface area contributed by atoms with Crippen LogP contribution in [0.15, 0.2) is 30.3 Å². The Morgan fingerprint density at radius 3 is 2.48 bits per heavy atom. The third kappa shape index (κ3) is 3.13. The Labute approximate surface area is 125 Å². The molecule has 0 unspecified atom stereocenters. The van der Waals surface area contributed by atoms with Gasteiger partial charge >= 0.3 is 0 Å². The van der Waals surface area contributed by atoms with Crippen molar-refractivity contribution in [3.05, 3.63) is 36.0 Å². The molecule has 0 amide bonds. The van der Waals surface area contributed by atoms with Crippen molar-refractivity contribution in [1.82, 2.24) is 15.3 Å². The number of piperazine rings is 1. The molecule has 3 rings (SSSR count). The molecule has 1 aromatic carbocycles. The number of hydrogen-bond donors (Lipinski definition) is 1. The lowest BCUT2D eigenvalue weighted by atomic mass is 10.2. The van der Waals surface area contributed by atoms with E-state index in [2.05, 4.69) is 21.3 Å². The van der Waals surface area contributed by atoms with Crippen LogP contribution in [-0.4, -0.2) is 43.3 Å². The predicted molar refractivity (Wildman–Crippen MR) is 83.8 cm³/mol. The first-order valence-corrected chi connectivity index (χ1v) is 7.22. The third-order valence-electron chi connectivity index (χ3n) is 3.63. The number of hydrogen-bond acceptors (Lipinski definition) is 5. The molecule has 1 aliphatic heterocycles. The van der Waals surface area contributed by atoms with Crippen LogP contribution in [-0.2, 0) is 0 Å². The monoisotopic (exact) mass is 284 g/mol. The smallest absolute Gasteiger partial charge is 0.161 e. The first-order chi connectivity index (χ1) is 10.3. The molecule has 0 atom stereocenters. The van der Waals surface area contributed by atoms with Crippen LogP contribution in [0.2, 0.25) is 0 Å². The molecule has 1 aliphatic rings. The molecule has 0 radical (unpaired) electrons. The molecule has 1 aromatic heterocycles. The van der Waals surface area contributed by atoms with E-state index in [1.807, 2.05) is 31.2 Å². The van der Waals surface area contributed by atoms with Gasteiger partial charge in [0.2, 0.25) is 0 Å². The summed E-state index contributed by atoms with van der Waals surface area (Å²) in [6, 6.07) is 9.92. The average Bonchev–Trinajstić information content (AvgIpc) is 2.55. The minimum atomic E-state index is 0.770. The normalized spacial score (nSPS) is 15.0. The maximum absolute atomic E-state index is 5.19. The number of aryl methyl sites for hydroxylation is 1. The highest BCUT2D eigenvalue weighted by atomic mass is 16.5. The highest BCUT2D eigenvalue weighted by Gasteiger charge is 2.14. The summed E-state index contributed by atoms with van der Waals surface area (Å²) in [5, 5.41) is 3.36. The first-order valence-electron chi connectivity index (χ1n) is 7.22. The van der Waals surface area contributed by atoms with Gasteiger partial charge < -0.3 is 15.0 Å². The molecular weight excluding hydrogens is 264 g/mol. The van der Waals surface area contributed by atoms with Crippen LogP contribution in [0.5, 0.6) is 5.75 Å². The second-order valence-corrected chi connectivity index (χ2v) is 5.16. The molecule has 1 saturated heterocycles. The van der Waals surface area contributed by atoms with Crippen molar-refractivity contribution in [2.45, 2.75) is 6.92 Å². The van der Waals surface area contributed by atoms with Crippen molar-refractivity contribution < 1.29 is 4.74 Å². The van der Waals surface area contributed by atoms with Crippen molar-refractivity contribution in [2.24, 2.45) is 0 Å². The standard InChI is InChI=1S/C16H20N4O/c1-12-11-15(20-9-7-17-8-10-20)19-16(18-12)13-3-5-14(21-2)6-4-13/h3-6,11,17H,7-10H2,1-2H3. The molecule has 5 nitrogen and oxygen atoms in total. The third-order valence-corrected chi connectivity index (χ3v) is 3.63. The van der Waals surface area contributed by atoms with E-state index in [0.717, 1.165) is 54.8 Å². The largest absolute Gasteiger partial charge is 0.497 e. The summed E-state index contributed by atoms with van der Waals surface area (Å²) >= 11 is 0. The van der Waals surface area contributed by atoms with Crippen LogP contribution in [0.1, 0.15) is 5.69 Å². The zero-order chi connectivity index (χ0) is 14.7. The molecule has 5 heteroatoms. The number of methoxy groups -OCH3 is 1. The molecule has 0 aliphatic carbocycles. The average molecular weight is 284 g/mol. The predicted octanol–water partition coefficient (Wildman–Crippen LogP) is 1.87. The van der Waals surface area contributed by atoms with Gasteiger partial charge in [0, 0.05) is 43.5 Å². The maximum atomic E-state index is 5.19. The fourth-order valence-electron chi connectivity index (χ4n) is 2.48. The number of rotatable bonds is 3. The van der Waals surface area contributed by atoms with Crippen molar-refractivity contribution in [1.29, 1.82) is 0 Å². The SMILES string of the molecule is COc1ccc(-c2nc(C)cc(N3CCNCC3)n2)cc1. The Kier molecular flexibility index (Phi) is 4.01. The van der Waals surface area contributed by atoms with E-state index >= 15 is 0 Å². The summed E-state index contributed by atoms with van der Waals surface area (Å²) in [6.07, 6.45) is 0. The lowest BCUT2D eigenvalue weighted by molar-refractivity contribution is 0.415. The summed E-state index contributed by atoms with van der Waals surface area (Å²) < 4.78 is 5.19. The lowest BCUT2D eigenvalue weighted by Gasteiger charge is -2.28. The summed E-state index contributed by atoms with van der Waals surface area (Å²) in [4.78, 5) is 11.6. The Bertz CT molecular complexity index is 606. The van der Waals surface area contributed by atoms with Gasteiger partial charge in [0.05, 0.1) is 7.11 Å². The molecular formula is C16H20N4O. The Balaban J connectivity index is 1.92. The number of anilines is 1. The van der Waals surface area contributed by atoms with Crippen molar-refractivity contribution >= 4 is 5.82 Å². The van der Waals surface area contributed by atoms with Gasteiger partial charge in [0.15, 0.2) is 5.82 Å². The van der Waals surface area contributed by atoms with Gasteiger partial charge in [-0.2, -0.15) is 0 Å². The number of ether oxygens (including phenoxy) is 1. The van der Waals surface area contributed by atoms with Gasteiger partial charge in [-0.05, 0) is 31.2 Å². The van der Waals surface area contributed by atoms with E-state index in [0.29, 0.717) is 0 Å². The Hall–Kier alpha value is -2.14.